The van der Waals surface area contributed by atoms with Crippen LogP contribution >= 0.6 is 11.6 Å². The van der Waals surface area contributed by atoms with Crippen LogP contribution < -0.4 is 5.32 Å². The van der Waals surface area contributed by atoms with E-state index in [1.54, 1.807) is 12.1 Å². The number of pyridine rings is 1. The Morgan fingerprint density at radius 2 is 2.21 bits per heavy atom. The Balaban J connectivity index is 1.80. The van der Waals surface area contributed by atoms with E-state index >= 15 is 0 Å². The van der Waals surface area contributed by atoms with Gasteiger partial charge in [-0.1, -0.05) is 11.6 Å². The molecular formula is C12H12ClN5O. The molecule has 1 amide bonds. The van der Waals surface area contributed by atoms with E-state index in [0.717, 1.165) is 19.3 Å². The lowest BCUT2D eigenvalue weighted by molar-refractivity contribution is 0.0804. The quantitative estimate of drug-likeness (QED) is 0.894. The molecule has 6 nitrogen and oxygen atoms in total. The Labute approximate surface area is 114 Å². The summed E-state index contributed by atoms with van der Waals surface area (Å²) in [6, 6.07) is 3.25. The van der Waals surface area contributed by atoms with Crippen LogP contribution in [0.5, 0.6) is 0 Å². The first-order valence-electron chi connectivity index (χ1n) is 5.99. The first-order valence-corrected chi connectivity index (χ1v) is 6.37. The summed E-state index contributed by atoms with van der Waals surface area (Å²) in [5.41, 5.74) is -0.0928. The Morgan fingerprint density at radius 3 is 2.74 bits per heavy atom. The van der Waals surface area contributed by atoms with Crippen molar-refractivity contribution in [1.29, 1.82) is 0 Å². The highest BCUT2D eigenvalue weighted by molar-refractivity contribution is 6.30. The molecule has 1 fully saturated rings. The average Bonchev–Trinajstić information content (AvgIpc) is 2.88. The molecule has 2 aromatic rings. The van der Waals surface area contributed by atoms with Crippen molar-refractivity contribution in [1.82, 2.24) is 25.5 Å². The average molecular weight is 278 g/mol. The number of aromatic nitrogens is 4. The van der Waals surface area contributed by atoms with E-state index in [2.05, 4.69) is 25.5 Å². The maximum Gasteiger partial charge on any atom is 0.270 e. The Morgan fingerprint density at radius 1 is 1.37 bits per heavy atom. The lowest BCUT2D eigenvalue weighted by Crippen LogP contribution is -2.51. The molecule has 2 N–H and O–H groups in total. The van der Waals surface area contributed by atoms with Gasteiger partial charge in [-0.15, -0.1) is 0 Å². The van der Waals surface area contributed by atoms with Gasteiger partial charge in [-0.25, -0.2) is 9.97 Å². The number of aromatic amines is 1. The molecule has 1 aliphatic rings. The molecule has 7 heteroatoms. The van der Waals surface area contributed by atoms with Gasteiger partial charge in [0.2, 0.25) is 0 Å². The standard InChI is InChI=1S/C12H12ClN5O/c13-8-2-3-9(14-6-8)10(19)17-12(4-1-5-12)11-15-7-16-18-11/h2-3,6-7H,1,4-5H2,(H,17,19)(H,15,16,18). The first-order chi connectivity index (χ1) is 9.20. The number of H-pyrrole nitrogens is 1. The van der Waals surface area contributed by atoms with Crippen molar-refractivity contribution in [3.8, 4) is 0 Å². The summed E-state index contributed by atoms with van der Waals surface area (Å²) in [4.78, 5) is 20.3. The van der Waals surface area contributed by atoms with E-state index in [1.807, 2.05) is 0 Å². The van der Waals surface area contributed by atoms with Crippen molar-refractivity contribution in [3.05, 3.63) is 41.2 Å². The predicted octanol–water partition coefficient (Wildman–Crippen LogP) is 1.66. The fourth-order valence-corrected chi connectivity index (χ4v) is 2.29. The SMILES string of the molecule is O=C(NC1(c2ncn[nH]2)CCC1)c1ccc(Cl)cn1. The third-order valence-electron chi connectivity index (χ3n) is 3.39. The van der Waals surface area contributed by atoms with Crippen LogP contribution in [-0.2, 0) is 5.54 Å². The van der Waals surface area contributed by atoms with Crippen molar-refractivity contribution in [2.75, 3.05) is 0 Å². The molecule has 0 radical (unpaired) electrons. The molecule has 2 aromatic heterocycles. The van der Waals surface area contributed by atoms with Gasteiger partial charge in [0.15, 0.2) is 0 Å². The molecule has 3 rings (SSSR count). The lowest BCUT2D eigenvalue weighted by atomic mass is 9.76. The van der Waals surface area contributed by atoms with Crippen molar-refractivity contribution in [2.24, 2.45) is 0 Å². The molecule has 1 aliphatic carbocycles. The van der Waals surface area contributed by atoms with E-state index in [-0.39, 0.29) is 5.91 Å². The molecule has 98 valence electrons. The number of amides is 1. The molecule has 1 saturated carbocycles. The van der Waals surface area contributed by atoms with Gasteiger partial charge in [0.1, 0.15) is 17.8 Å². The van der Waals surface area contributed by atoms with Crippen LogP contribution in [0, 0.1) is 0 Å². The number of nitrogens with zero attached hydrogens (tertiary/aromatic N) is 3. The van der Waals surface area contributed by atoms with Gasteiger partial charge in [-0.2, -0.15) is 5.10 Å². The van der Waals surface area contributed by atoms with E-state index in [0.29, 0.717) is 16.5 Å². The van der Waals surface area contributed by atoms with Crippen LogP contribution in [0.2, 0.25) is 5.02 Å². The predicted molar refractivity (Wildman–Crippen MR) is 68.6 cm³/mol. The third-order valence-corrected chi connectivity index (χ3v) is 3.61. The summed E-state index contributed by atoms with van der Waals surface area (Å²) in [5.74, 6) is 0.467. The van der Waals surface area contributed by atoms with Gasteiger partial charge in [0.25, 0.3) is 5.91 Å². The van der Waals surface area contributed by atoms with Crippen LogP contribution in [0.1, 0.15) is 35.6 Å². The molecule has 0 spiro atoms. The smallest absolute Gasteiger partial charge is 0.270 e. The zero-order chi connectivity index (χ0) is 13.3. The van der Waals surface area contributed by atoms with Crippen molar-refractivity contribution < 1.29 is 4.79 Å². The van der Waals surface area contributed by atoms with Crippen LogP contribution in [0.4, 0.5) is 0 Å². The highest BCUT2D eigenvalue weighted by atomic mass is 35.5. The highest BCUT2D eigenvalue weighted by Crippen LogP contribution is 2.39. The first kappa shape index (κ1) is 12.1. The van der Waals surface area contributed by atoms with Crippen molar-refractivity contribution in [3.63, 3.8) is 0 Å². The molecule has 0 aromatic carbocycles. The number of carbonyl (C=O) groups is 1. The molecule has 0 atom stereocenters. The minimum atomic E-state index is -0.436. The summed E-state index contributed by atoms with van der Waals surface area (Å²) < 4.78 is 0. The summed E-state index contributed by atoms with van der Waals surface area (Å²) in [7, 11) is 0. The van der Waals surface area contributed by atoms with Crippen LogP contribution in [0.3, 0.4) is 0 Å². The molecule has 2 heterocycles. The topological polar surface area (TPSA) is 83.6 Å². The summed E-state index contributed by atoms with van der Waals surface area (Å²) >= 11 is 5.75. The normalized spacial score (nSPS) is 16.7. The third kappa shape index (κ3) is 2.19. The van der Waals surface area contributed by atoms with Gasteiger partial charge < -0.3 is 5.32 Å². The van der Waals surface area contributed by atoms with Crippen LogP contribution in [0.15, 0.2) is 24.7 Å². The maximum absolute atomic E-state index is 12.2. The van der Waals surface area contributed by atoms with Crippen LogP contribution in [0.25, 0.3) is 0 Å². The highest BCUT2D eigenvalue weighted by Gasteiger charge is 2.43. The summed E-state index contributed by atoms with van der Waals surface area (Å²) in [5, 5.41) is 10.2. The zero-order valence-electron chi connectivity index (χ0n) is 10.1. The van der Waals surface area contributed by atoms with Crippen molar-refractivity contribution in [2.45, 2.75) is 24.8 Å². The Hall–Kier alpha value is -1.95. The van der Waals surface area contributed by atoms with Crippen molar-refractivity contribution >= 4 is 17.5 Å². The summed E-state index contributed by atoms with van der Waals surface area (Å²) in [6.07, 6.45) is 5.65. The second kappa shape index (κ2) is 4.62. The molecule has 0 aliphatic heterocycles. The second-order valence-electron chi connectivity index (χ2n) is 4.59. The second-order valence-corrected chi connectivity index (χ2v) is 5.02. The van der Waals surface area contributed by atoms with E-state index in [4.69, 9.17) is 11.6 Å². The van der Waals surface area contributed by atoms with Gasteiger partial charge in [-0.3, -0.25) is 9.89 Å². The number of rotatable bonds is 3. The maximum atomic E-state index is 12.2. The summed E-state index contributed by atoms with van der Waals surface area (Å²) in [6.45, 7) is 0. The number of halogens is 1. The molecule has 0 bridgehead atoms. The van der Waals surface area contributed by atoms with Gasteiger partial charge in [-0.05, 0) is 31.4 Å². The minimum absolute atomic E-state index is 0.229. The van der Waals surface area contributed by atoms with E-state index < -0.39 is 5.54 Å². The van der Waals surface area contributed by atoms with Gasteiger partial charge in [0.05, 0.1) is 10.6 Å². The van der Waals surface area contributed by atoms with Crippen LogP contribution in [-0.4, -0.2) is 26.1 Å². The fraction of sp³-hybridized carbons (Fsp3) is 0.333. The number of carbonyl (C=O) groups excluding carboxylic acids is 1. The Bertz CT molecular complexity index is 577. The molecular weight excluding hydrogens is 266 g/mol. The van der Waals surface area contributed by atoms with Gasteiger partial charge in [0, 0.05) is 6.20 Å². The van der Waals surface area contributed by atoms with E-state index in [9.17, 15) is 4.79 Å². The number of nitrogens with one attached hydrogen (secondary N) is 2. The zero-order valence-corrected chi connectivity index (χ0v) is 10.8. The van der Waals surface area contributed by atoms with E-state index in [1.165, 1.54) is 12.5 Å². The van der Waals surface area contributed by atoms with Gasteiger partial charge >= 0.3 is 0 Å². The molecule has 19 heavy (non-hydrogen) atoms. The fourth-order valence-electron chi connectivity index (χ4n) is 2.18. The monoisotopic (exact) mass is 277 g/mol. The largest absolute Gasteiger partial charge is 0.338 e. The number of hydrogen-bond donors (Lipinski definition) is 2. The number of hydrogen-bond acceptors (Lipinski definition) is 4. The molecule has 0 saturated heterocycles. The Kier molecular flexibility index (Phi) is 2.94. The minimum Gasteiger partial charge on any atom is -0.338 e. The lowest BCUT2D eigenvalue weighted by Gasteiger charge is -2.40. The molecule has 0 unspecified atom stereocenters.